The van der Waals surface area contributed by atoms with Gasteiger partial charge in [0, 0.05) is 16.1 Å². The first-order valence-electron chi connectivity index (χ1n) is 11.3. The van der Waals surface area contributed by atoms with Crippen molar-refractivity contribution in [3.05, 3.63) is 101 Å². The van der Waals surface area contributed by atoms with Crippen molar-refractivity contribution in [2.75, 3.05) is 11.9 Å². The molecule has 0 atom stereocenters. The molecule has 7 nitrogen and oxygen atoms in total. The van der Waals surface area contributed by atoms with E-state index in [0.717, 1.165) is 16.3 Å². The predicted octanol–water partition coefficient (Wildman–Crippen LogP) is 5.56. The van der Waals surface area contributed by atoms with Gasteiger partial charge < -0.3 is 14.8 Å². The highest BCUT2D eigenvalue weighted by atomic mass is 35.5. The van der Waals surface area contributed by atoms with Crippen molar-refractivity contribution in [3.63, 3.8) is 0 Å². The summed E-state index contributed by atoms with van der Waals surface area (Å²) in [5.41, 5.74) is 4.43. The second-order valence-corrected chi connectivity index (χ2v) is 8.17. The maximum Gasteiger partial charge on any atom is 0.329 e. The van der Waals surface area contributed by atoms with Crippen LogP contribution in [0.3, 0.4) is 0 Å². The van der Waals surface area contributed by atoms with Gasteiger partial charge in [0.25, 0.3) is 0 Å². The number of fused-ring (bicyclic) bond motifs is 1. The van der Waals surface area contributed by atoms with Crippen molar-refractivity contribution in [2.24, 2.45) is 5.10 Å². The van der Waals surface area contributed by atoms with Gasteiger partial charge >= 0.3 is 11.8 Å². The lowest BCUT2D eigenvalue weighted by Gasteiger charge is -2.12. The molecular formula is C28H24ClN3O4. The number of anilines is 1. The van der Waals surface area contributed by atoms with E-state index in [4.69, 9.17) is 21.1 Å². The zero-order valence-electron chi connectivity index (χ0n) is 19.5. The number of nitrogens with one attached hydrogen (secondary N) is 2. The molecule has 0 fully saturated rings. The van der Waals surface area contributed by atoms with Crippen molar-refractivity contribution in [1.29, 1.82) is 0 Å². The summed E-state index contributed by atoms with van der Waals surface area (Å²) in [7, 11) is 0. The number of nitrogens with zero attached hydrogens (tertiary/aromatic N) is 1. The van der Waals surface area contributed by atoms with E-state index in [1.807, 2.05) is 55.5 Å². The monoisotopic (exact) mass is 501 g/mol. The van der Waals surface area contributed by atoms with Crippen LogP contribution in [0, 0.1) is 0 Å². The Hall–Kier alpha value is -4.36. The lowest BCUT2D eigenvalue weighted by Crippen LogP contribution is -2.32. The summed E-state index contributed by atoms with van der Waals surface area (Å²) in [4.78, 5) is 24.6. The first-order chi connectivity index (χ1) is 17.5. The van der Waals surface area contributed by atoms with E-state index in [9.17, 15) is 9.59 Å². The van der Waals surface area contributed by atoms with Crippen molar-refractivity contribution < 1.29 is 19.1 Å². The molecule has 0 saturated carbocycles. The molecule has 0 aliphatic carbocycles. The van der Waals surface area contributed by atoms with Crippen LogP contribution < -0.4 is 20.2 Å². The van der Waals surface area contributed by atoms with Crippen LogP contribution in [0.5, 0.6) is 11.5 Å². The molecule has 8 heteroatoms. The number of rotatable bonds is 8. The zero-order chi connectivity index (χ0) is 25.3. The van der Waals surface area contributed by atoms with E-state index in [1.54, 1.807) is 36.4 Å². The first-order valence-corrected chi connectivity index (χ1v) is 11.7. The number of amides is 2. The maximum atomic E-state index is 12.3. The minimum absolute atomic E-state index is 0.354. The normalized spacial score (nSPS) is 10.8. The van der Waals surface area contributed by atoms with Gasteiger partial charge in [-0.05, 0) is 59.8 Å². The number of hydrogen-bond donors (Lipinski definition) is 2. The van der Waals surface area contributed by atoms with Gasteiger partial charge in [0.15, 0.2) is 11.5 Å². The Morgan fingerprint density at radius 1 is 0.889 bits per heavy atom. The highest BCUT2D eigenvalue weighted by Gasteiger charge is 2.14. The largest absolute Gasteiger partial charge is 0.490 e. The number of ether oxygens (including phenoxy) is 2. The lowest BCUT2D eigenvalue weighted by atomic mass is 10.1. The van der Waals surface area contributed by atoms with Crippen LogP contribution in [0.2, 0.25) is 5.02 Å². The van der Waals surface area contributed by atoms with Crippen molar-refractivity contribution >= 4 is 46.1 Å². The van der Waals surface area contributed by atoms with Crippen LogP contribution in [0.25, 0.3) is 10.8 Å². The van der Waals surface area contributed by atoms with Crippen molar-refractivity contribution in [3.8, 4) is 11.5 Å². The summed E-state index contributed by atoms with van der Waals surface area (Å²) in [5, 5.41) is 8.99. The standard InChI is InChI=1S/C28H24ClN3O4/c1-2-35-26-16-20(12-15-25(26)36-18-19-10-13-22(29)14-11-19)17-30-32-28(34)27(33)31-24-9-5-7-21-6-3-4-8-23(21)24/h3-17H,2,18H2,1H3,(H,31,33)(H,32,34)/b30-17-. The van der Waals surface area contributed by atoms with Crippen LogP contribution in [0.1, 0.15) is 18.1 Å². The molecule has 182 valence electrons. The Morgan fingerprint density at radius 3 is 2.47 bits per heavy atom. The average Bonchev–Trinajstić information content (AvgIpc) is 2.89. The molecule has 0 spiro atoms. The van der Waals surface area contributed by atoms with Crippen LogP contribution in [-0.2, 0) is 16.2 Å². The van der Waals surface area contributed by atoms with E-state index < -0.39 is 11.8 Å². The topological polar surface area (TPSA) is 89.0 Å². The van der Waals surface area contributed by atoms with E-state index in [-0.39, 0.29) is 0 Å². The van der Waals surface area contributed by atoms with Gasteiger partial charge in [-0.25, -0.2) is 5.43 Å². The molecule has 0 saturated heterocycles. The van der Waals surface area contributed by atoms with E-state index in [1.165, 1.54) is 6.21 Å². The molecule has 4 aromatic carbocycles. The summed E-state index contributed by atoms with van der Waals surface area (Å²) in [6.07, 6.45) is 1.43. The van der Waals surface area contributed by atoms with Crippen LogP contribution >= 0.6 is 11.6 Å². The molecule has 0 radical (unpaired) electrons. The average molecular weight is 502 g/mol. The Kier molecular flexibility index (Phi) is 8.16. The molecule has 0 bridgehead atoms. The Balaban J connectivity index is 1.37. The summed E-state index contributed by atoms with van der Waals surface area (Å²) in [6.45, 7) is 2.67. The first kappa shape index (κ1) is 24.8. The fourth-order valence-corrected chi connectivity index (χ4v) is 3.59. The van der Waals surface area contributed by atoms with Gasteiger partial charge in [0.1, 0.15) is 6.61 Å². The van der Waals surface area contributed by atoms with E-state index >= 15 is 0 Å². The highest BCUT2D eigenvalue weighted by molar-refractivity contribution is 6.40. The molecule has 2 amide bonds. The van der Waals surface area contributed by atoms with E-state index in [2.05, 4.69) is 15.8 Å². The minimum Gasteiger partial charge on any atom is -0.490 e. The highest BCUT2D eigenvalue weighted by Crippen LogP contribution is 2.29. The minimum atomic E-state index is -0.882. The third-order valence-corrected chi connectivity index (χ3v) is 5.45. The SMILES string of the molecule is CCOc1cc(/C=N\NC(=O)C(=O)Nc2cccc3ccccc23)ccc1OCc1ccc(Cl)cc1. The molecule has 2 N–H and O–H groups in total. The fraction of sp³-hybridized carbons (Fsp3) is 0.107. The summed E-state index contributed by atoms with van der Waals surface area (Å²) in [6, 6.07) is 25.7. The Bertz CT molecular complexity index is 1400. The quantitative estimate of drug-likeness (QED) is 0.188. The predicted molar refractivity (Wildman–Crippen MR) is 142 cm³/mol. The lowest BCUT2D eigenvalue weighted by molar-refractivity contribution is -0.136. The number of benzene rings is 4. The summed E-state index contributed by atoms with van der Waals surface area (Å²) < 4.78 is 11.6. The summed E-state index contributed by atoms with van der Waals surface area (Å²) in [5.74, 6) is -0.588. The number of carbonyl (C=O) groups excluding carboxylic acids is 2. The van der Waals surface area contributed by atoms with Gasteiger partial charge in [-0.15, -0.1) is 0 Å². The molecule has 4 rings (SSSR count). The Labute approximate surface area is 213 Å². The van der Waals surface area contributed by atoms with Gasteiger partial charge in [-0.1, -0.05) is 60.1 Å². The molecule has 36 heavy (non-hydrogen) atoms. The molecular weight excluding hydrogens is 478 g/mol. The smallest absolute Gasteiger partial charge is 0.329 e. The van der Waals surface area contributed by atoms with E-state index in [0.29, 0.717) is 41.0 Å². The second kappa shape index (κ2) is 11.9. The molecule has 0 aromatic heterocycles. The molecule has 0 aliphatic heterocycles. The third kappa shape index (κ3) is 6.40. The van der Waals surface area contributed by atoms with Crippen molar-refractivity contribution in [1.82, 2.24) is 5.43 Å². The fourth-order valence-electron chi connectivity index (χ4n) is 3.46. The van der Waals surface area contributed by atoms with Crippen LogP contribution in [-0.4, -0.2) is 24.6 Å². The number of halogens is 1. The van der Waals surface area contributed by atoms with Gasteiger partial charge in [0.05, 0.1) is 12.8 Å². The van der Waals surface area contributed by atoms with Gasteiger partial charge in [0.2, 0.25) is 0 Å². The summed E-state index contributed by atoms with van der Waals surface area (Å²) >= 11 is 5.93. The van der Waals surface area contributed by atoms with Gasteiger partial charge in [-0.2, -0.15) is 5.10 Å². The van der Waals surface area contributed by atoms with Crippen molar-refractivity contribution in [2.45, 2.75) is 13.5 Å². The van der Waals surface area contributed by atoms with Gasteiger partial charge in [-0.3, -0.25) is 9.59 Å². The number of carbonyl (C=O) groups is 2. The molecule has 4 aromatic rings. The molecule has 0 heterocycles. The Morgan fingerprint density at radius 2 is 1.67 bits per heavy atom. The van der Waals surface area contributed by atoms with Crippen LogP contribution in [0.15, 0.2) is 90.0 Å². The zero-order valence-corrected chi connectivity index (χ0v) is 20.3. The second-order valence-electron chi connectivity index (χ2n) is 7.73. The van der Waals surface area contributed by atoms with Crippen LogP contribution in [0.4, 0.5) is 5.69 Å². The molecule has 0 unspecified atom stereocenters. The maximum absolute atomic E-state index is 12.3. The molecule has 0 aliphatic rings. The third-order valence-electron chi connectivity index (χ3n) is 5.20. The number of hydrogen-bond acceptors (Lipinski definition) is 5. The number of hydrazone groups is 1.